The number of β-amino-alcohol motifs (C(OH)–C–C–N with tert-alkyl or cyclic N) is 1. The highest BCUT2D eigenvalue weighted by atomic mass is 32.3. The lowest BCUT2D eigenvalue weighted by Crippen LogP contribution is -2.41. The van der Waals surface area contributed by atoms with E-state index in [0.717, 1.165) is 10.6 Å². The van der Waals surface area contributed by atoms with Crippen molar-refractivity contribution in [2.75, 3.05) is 18.1 Å². The molecular formula is C9H12N2O3S2. The minimum absolute atomic E-state index is 0.110. The van der Waals surface area contributed by atoms with Gasteiger partial charge in [0.2, 0.25) is 10.0 Å². The quantitative estimate of drug-likeness (QED) is 0.809. The number of anilines is 1. The minimum Gasteiger partial charge on any atom is -0.395 e. The summed E-state index contributed by atoms with van der Waals surface area (Å²) in [6.07, 6.45) is 0. The molecule has 1 atom stereocenters. The number of sulfonamides is 1. The van der Waals surface area contributed by atoms with Gasteiger partial charge in [-0.2, -0.15) is 0 Å². The summed E-state index contributed by atoms with van der Waals surface area (Å²) < 4.78 is 22.0. The number of hydrogen-bond donors (Lipinski definition) is 2. The Morgan fingerprint density at radius 1 is 1.44 bits per heavy atom. The van der Waals surface area contributed by atoms with Crippen molar-refractivity contribution in [3.8, 4) is 0 Å². The average molecular weight is 260 g/mol. The number of benzene rings is 1. The summed E-state index contributed by atoms with van der Waals surface area (Å²) in [5, 5.41) is 14.1. The predicted molar refractivity (Wildman–Crippen MR) is 63.6 cm³/mol. The summed E-state index contributed by atoms with van der Waals surface area (Å²) in [5.74, 6) is 0. The van der Waals surface area contributed by atoms with Crippen LogP contribution in [0, 0.1) is 0 Å². The van der Waals surface area contributed by atoms with Crippen molar-refractivity contribution in [2.45, 2.75) is 9.60 Å². The minimum atomic E-state index is -3.66. The van der Waals surface area contributed by atoms with E-state index in [1.807, 2.05) is 24.3 Å². The van der Waals surface area contributed by atoms with Crippen LogP contribution in [0.1, 0.15) is 0 Å². The number of fused-ring (bicyclic) bond motifs is 1. The maximum Gasteiger partial charge on any atom is 0.240 e. The lowest BCUT2D eigenvalue weighted by Gasteiger charge is -2.23. The second kappa shape index (κ2) is 4.25. The maximum absolute atomic E-state index is 11.4. The molecule has 0 aliphatic carbocycles. The molecule has 16 heavy (non-hydrogen) atoms. The molecule has 88 valence electrons. The van der Waals surface area contributed by atoms with Crippen LogP contribution >= 0.6 is 11.8 Å². The van der Waals surface area contributed by atoms with Gasteiger partial charge in [0.1, 0.15) is 0 Å². The standard InChI is InChI=1S/C9H12N2O3S2/c10-16(13,14)9-11(5-6-12)7-3-1-2-4-8(7)15-9/h1-4,9,12H,5-6H2,(H2,10,13,14). The van der Waals surface area contributed by atoms with Gasteiger partial charge in [0, 0.05) is 11.4 Å². The van der Waals surface area contributed by atoms with E-state index in [9.17, 15) is 8.42 Å². The van der Waals surface area contributed by atoms with Crippen molar-refractivity contribution >= 4 is 27.5 Å². The van der Waals surface area contributed by atoms with E-state index in [4.69, 9.17) is 10.2 Å². The second-order valence-electron chi connectivity index (χ2n) is 3.40. The first-order valence-corrected chi connectivity index (χ1v) is 7.18. The van der Waals surface area contributed by atoms with E-state index in [1.165, 1.54) is 11.8 Å². The monoisotopic (exact) mass is 260 g/mol. The van der Waals surface area contributed by atoms with Gasteiger partial charge in [-0.15, -0.1) is 0 Å². The first-order chi connectivity index (χ1) is 7.54. The number of rotatable bonds is 3. The molecule has 1 aliphatic heterocycles. The fourth-order valence-corrected chi connectivity index (χ4v) is 4.11. The molecule has 2 rings (SSSR count). The predicted octanol–water partition coefficient (Wildman–Crippen LogP) is 0.163. The summed E-state index contributed by atoms with van der Waals surface area (Å²) in [4.78, 5) is 2.48. The summed E-state index contributed by atoms with van der Waals surface area (Å²) >= 11 is 1.19. The highest BCUT2D eigenvalue weighted by Crippen LogP contribution is 2.44. The fourth-order valence-electron chi connectivity index (χ4n) is 1.66. The Balaban J connectivity index is 2.41. The van der Waals surface area contributed by atoms with E-state index in [2.05, 4.69) is 0 Å². The molecule has 0 aromatic heterocycles. The van der Waals surface area contributed by atoms with Crippen LogP contribution in [0.5, 0.6) is 0 Å². The molecule has 1 aliphatic rings. The molecule has 0 saturated heterocycles. The van der Waals surface area contributed by atoms with Crippen LogP contribution in [-0.2, 0) is 10.0 Å². The van der Waals surface area contributed by atoms with Gasteiger partial charge in [-0.05, 0) is 12.1 Å². The summed E-state index contributed by atoms with van der Waals surface area (Å²) in [6, 6.07) is 7.34. The Labute approximate surface area is 98.3 Å². The van der Waals surface area contributed by atoms with Gasteiger partial charge in [-0.1, -0.05) is 23.9 Å². The number of primary sulfonamides is 1. The molecule has 7 heteroatoms. The Kier molecular flexibility index (Phi) is 3.11. The normalized spacial score (nSPS) is 19.9. The molecule has 1 aromatic carbocycles. The Hall–Kier alpha value is -0.760. The number of hydrogen-bond acceptors (Lipinski definition) is 5. The van der Waals surface area contributed by atoms with Crippen molar-refractivity contribution in [3.63, 3.8) is 0 Å². The van der Waals surface area contributed by atoms with Gasteiger partial charge in [0.05, 0.1) is 12.3 Å². The zero-order chi connectivity index (χ0) is 11.8. The van der Waals surface area contributed by atoms with Gasteiger partial charge >= 0.3 is 0 Å². The van der Waals surface area contributed by atoms with Crippen molar-refractivity contribution in [3.05, 3.63) is 24.3 Å². The van der Waals surface area contributed by atoms with Gasteiger partial charge in [0.25, 0.3) is 0 Å². The SMILES string of the molecule is NS(=O)(=O)C1Sc2ccccc2N1CCO. The summed E-state index contributed by atoms with van der Waals surface area (Å²) in [7, 11) is -3.66. The molecular weight excluding hydrogens is 248 g/mol. The molecule has 1 unspecified atom stereocenters. The van der Waals surface area contributed by atoms with Crippen LogP contribution in [-0.4, -0.2) is 31.4 Å². The topological polar surface area (TPSA) is 83.6 Å². The number of nitrogens with two attached hydrogens (primary N) is 1. The van der Waals surface area contributed by atoms with Crippen LogP contribution in [0.4, 0.5) is 5.69 Å². The van der Waals surface area contributed by atoms with Crippen molar-refractivity contribution in [1.29, 1.82) is 0 Å². The van der Waals surface area contributed by atoms with Crippen molar-refractivity contribution in [2.24, 2.45) is 5.14 Å². The van der Waals surface area contributed by atoms with E-state index in [1.54, 1.807) is 4.90 Å². The summed E-state index contributed by atoms with van der Waals surface area (Å²) in [5.41, 5.74) is 0.806. The first-order valence-electron chi connectivity index (χ1n) is 4.69. The van der Waals surface area contributed by atoms with E-state index < -0.39 is 14.7 Å². The lowest BCUT2D eigenvalue weighted by atomic mass is 10.3. The van der Waals surface area contributed by atoms with Crippen LogP contribution in [0.25, 0.3) is 0 Å². The number of thioether (sulfide) groups is 1. The van der Waals surface area contributed by atoms with Gasteiger partial charge in [0.15, 0.2) is 4.71 Å². The summed E-state index contributed by atoms with van der Waals surface area (Å²) in [6.45, 7) is 0.145. The molecule has 0 amide bonds. The largest absolute Gasteiger partial charge is 0.395 e. The van der Waals surface area contributed by atoms with E-state index >= 15 is 0 Å². The number of para-hydroxylation sites is 1. The van der Waals surface area contributed by atoms with Crippen LogP contribution < -0.4 is 10.0 Å². The van der Waals surface area contributed by atoms with E-state index in [0.29, 0.717) is 0 Å². The van der Waals surface area contributed by atoms with Crippen LogP contribution in [0.3, 0.4) is 0 Å². The average Bonchev–Trinajstić information content (AvgIpc) is 2.58. The zero-order valence-electron chi connectivity index (χ0n) is 8.41. The third kappa shape index (κ3) is 2.03. The molecule has 5 nitrogen and oxygen atoms in total. The Bertz CT molecular complexity index is 489. The second-order valence-corrected chi connectivity index (χ2v) is 6.44. The highest BCUT2D eigenvalue weighted by Gasteiger charge is 2.36. The fraction of sp³-hybridized carbons (Fsp3) is 0.333. The van der Waals surface area contributed by atoms with E-state index in [-0.39, 0.29) is 13.2 Å². The van der Waals surface area contributed by atoms with Crippen molar-refractivity contribution in [1.82, 2.24) is 0 Å². The molecule has 0 spiro atoms. The Morgan fingerprint density at radius 3 is 2.75 bits per heavy atom. The van der Waals surface area contributed by atoms with Gasteiger partial charge < -0.3 is 10.0 Å². The molecule has 0 saturated carbocycles. The lowest BCUT2D eigenvalue weighted by molar-refractivity contribution is 0.303. The van der Waals surface area contributed by atoms with Crippen molar-refractivity contribution < 1.29 is 13.5 Å². The number of nitrogens with zero attached hydrogens (tertiary/aromatic N) is 1. The molecule has 3 N–H and O–H groups in total. The molecule has 0 bridgehead atoms. The number of aliphatic hydroxyl groups excluding tert-OH is 1. The molecule has 1 aromatic rings. The maximum atomic E-state index is 11.4. The van der Waals surface area contributed by atoms with Gasteiger partial charge in [-0.25, -0.2) is 13.6 Å². The Morgan fingerprint density at radius 2 is 2.12 bits per heavy atom. The van der Waals surface area contributed by atoms with Gasteiger partial charge in [-0.3, -0.25) is 0 Å². The number of aliphatic hydroxyl groups is 1. The molecule has 0 radical (unpaired) electrons. The first kappa shape index (κ1) is 11.7. The van der Waals surface area contributed by atoms with Crippen LogP contribution in [0.15, 0.2) is 29.2 Å². The highest BCUT2D eigenvalue weighted by molar-refractivity contribution is 8.13. The van der Waals surface area contributed by atoms with Crippen LogP contribution in [0.2, 0.25) is 0 Å². The smallest absolute Gasteiger partial charge is 0.240 e. The zero-order valence-corrected chi connectivity index (χ0v) is 10.0. The third-order valence-corrected chi connectivity index (χ3v) is 5.24. The third-order valence-electron chi connectivity index (χ3n) is 2.28. The molecule has 1 heterocycles. The molecule has 0 fully saturated rings.